The summed E-state index contributed by atoms with van der Waals surface area (Å²) >= 11 is 0. The minimum atomic E-state index is 0.409. The molecule has 0 aliphatic heterocycles. The molecule has 17 heavy (non-hydrogen) atoms. The number of nitrogens with zero attached hydrogens (tertiary/aromatic N) is 5. The summed E-state index contributed by atoms with van der Waals surface area (Å²) in [5.41, 5.74) is 8.06. The molecule has 3 aromatic rings. The van der Waals surface area contributed by atoms with E-state index in [0.717, 1.165) is 17.1 Å². The van der Waals surface area contributed by atoms with Gasteiger partial charge in [0.25, 0.3) is 0 Å². The molecule has 0 saturated carbocycles. The Morgan fingerprint density at radius 1 is 1.24 bits per heavy atom. The van der Waals surface area contributed by atoms with Crippen molar-refractivity contribution >= 4 is 5.65 Å². The Morgan fingerprint density at radius 3 is 3.06 bits per heavy atom. The van der Waals surface area contributed by atoms with Crippen LogP contribution in [0.5, 0.6) is 0 Å². The van der Waals surface area contributed by atoms with Gasteiger partial charge >= 0.3 is 0 Å². The zero-order valence-corrected chi connectivity index (χ0v) is 8.98. The van der Waals surface area contributed by atoms with E-state index in [2.05, 4.69) is 20.2 Å². The predicted octanol–water partition coefficient (Wildman–Crippen LogP) is 0.645. The van der Waals surface area contributed by atoms with Crippen molar-refractivity contribution in [1.82, 2.24) is 24.6 Å². The van der Waals surface area contributed by atoms with Gasteiger partial charge in [-0.1, -0.05) is 0 Å². The van der Waals surface area contributed by atoms with Gasteiger partial charge in [-0.05, 0) is 12.1 Å². The van der Waals surface area contributed by atoms with Gasteiger partial charge in [-0.15, -0.1) is 10.2 Å². The normalized spacial score (nSPS) is 10.9. The van der Waals surface area contributed by atoms with Gasteiger partial charge in [0.2, 0.25) is 0 Å². The average Bonchev–Trinajstić information content (AvgIpc) is 2.82. The van der Waals surface area contributed by atoms with Gasteiger partial charge in [-0.2, -0.15) is 0 Å². The summed E-state index contributed by atoms with van der Waals surface area (Å²) in [5, 5.41) is 8.19. The fourth-order valence-corrected chi connectivity index (χ4v) is 1.68. The molecule has 3 rings (SSSR count). The predicted molar refractivity (Wildman–Crippen MR) is 61.9 cm³/mol. The summed E-state index contributed by atoms with van der Waals surface area (Å²) in [6, 6.07) is 3.80. The molecule has 6 nitrogen and oxygen atoms in total. The van der Waals surface area contributed by atoms with Gasteiger partial charge < -0.3 is 5.73 Å². The molecular formula is C11H10N6. The summed E-state index contributed by atoms with van der Waals surface area (Å²) in [4.78, 5) is 8.15. The maximum atomic E-state index is 5.57. The van der Waals surface area contributed by atoms with Crippen LogP contribution in [0.2, 0.25) is 0 Å². The number of rotatable bonds is 2. The van der Waals surface area contributed by atoms with Crippen molar-refractivity contribution in [2.24, 2.45) is 5.73 Å². The van der Waals surface area contributed by atoms with Crippen LogP contribution in [0.4, 0.5) is 0 Å². The Kier molecular flexibility index (Phi) is 2.27. The van der Waals surface area contributed by atoms with Gasteiger partial charge in [0.1, 0.15) is 0 Å². The molecule has 0 atom stereocenters. The summed E-state index contributed by atoms with van der Waals surface area (Å²) in [6.07, 6.45) is 6.92. The molecule has 0 aromatic carbocycles. The molecule has 3 heterocycles. The lowest BCUT2D eigenvalue weighted by atomic mass is 10.2. The van der Waals surface area contributed by atoms with Crippen molar-refractivity contribution in [2.75, 3.05) is 0 Å². The average molecular weight is 226 g/mol. The first kappa shape index (κ1) is 9.86. The molecular weight excluding hydrogens is 216 g/mol. The largest absolute Gasteiger partial charge is 0.325 e. The Labute approximate surface area is 97.2 Å². The van der Waals surface area contributed by atoms with E-state index >= 15 is 0 Å². The second kappa shape index (κ2) is 3.91. The second-order valence-corrected chi connectivity index (χ2v) is 3.57. The van der Waals surface area contributed by atoms with E-state index in [1.807, 2.05) is 22.7 Å². The highest BCUT2D eigenvalue weighted by Gasteiger charge is 2.07. The zero-order chi connectivity index (χ0) is 11.7. The number of aromatic nitrogens is 5. The minimum absolute atomic E-state index is 0.409. The van der Waals surface area contributed by atoms with E-state index in [4.69, 9.17) is 5.73 Å². The maximum absolute atomic E-state index is 5.57. The van der Waals surface area contributed by atoms with Crippen LogP contribution < -0.4 is 5.73 Å². The minimum Gasteiger partial charge on any atom is -0.325 e. The summed E-state index contributed by atoms with van der Waals surface area (Å²) in [6.45, 7) is 0.409. The van der Waals surface area contributed by atoms with Crippen LogP contribution in [0.3, 0.4) is 0 Å². The third-order valence-corrected chi connectivity index (χ3v) is 2.50. The van der Waals surface area contributed by atoms with Crippen molar-refractivity contribution in [2.45, 2.75) is 6.54 Å². The number of pyridine rings is 1. The van der Waals surface area contributed by atoms with Crippen molar-refractivity contribution in [1.29, 1.82) is 0 Å². The molecule has 2 N–H and O–H groups in total. The molecule has 0 radical (unpaired) electrons. The molecule has 0 saturated heterocycles. The maximum Gasteiger partial charge on any atom is 0.179 e. The first-order chi connectivity index (χ1) is 8.38. The molecule has 0 spiro atoms. The molecule has 0 unspecified atom stereocenters. The van der Waals surface area contributed by atoms with Crippen LogP contribution in [-0.2, 0) is 6.54 Å². The quantitative estimate of drug-likeness (QED) is 0.693. The molecule has 0 aliphatic rings. The first-order valence-electron chi connectivity index (χ1n) is 5.18. The highest BCUT2D eigenvalue weighted by Crippen LogP contribution is 2.17. The Bertz CT molecular complexity index is 660. The lowest BCUT2D eigenvalue weighted by Gasteiger charge is -2.01. The molecule has 84 valence electrons. The van der Waals surface area contributed by atoms with Crippen molar-refractivity contribution in [3.63, 3.8) is 0 Å². The topological polar surface area (TPSA) is 82.0 Å². The van der Waals surface area contributed by atoms with Gasteiger partial charge in [0.15, 0.2) is 11.5 Å². The van der Waals surface area contributed by atoms with E-state index in [1.165, 1.54) is 0 Å². The van der Waals surface area contributed by atoms with Gasteiger partial charge in [-0.25, -0.2) is 0 Å². The van der Waals surface area contributed by atoms with E-state index in [9.17, 15) is 0 Å². The second-order valence-electron chi connectivity index (χ2n) is 3.57. The Balaban J connectivity index is 2.20. The number of fused-ring (bicyclic) bond motifs is 1. The van der Waals surface area contributed by atoms with E-state index in [0.29, 0.717) is 12.2 Å². The third kappa shape index (κ3) is 1.64. The van der Waals surface area contributed by atoms with Crippen molar-refractivity contribution in [3.8, 4) is 11.4 Å². The van der Waals surface area contributed by atoms with Gasteiger partial charge in [-0.3, -0.25) is 14.4 Å². The molecule has 0 fully saturated rings. The SMILES string of the molecule is NCc1cc(-c2nnc3cnccn23)ccn1. The van der Waals surface area contributed by atoms with Crippen LogP contribution in [0, 0.1) is 0 Å². The van der Waals surface area contributed by atoms with E-state index in [1.54, 1.807) is 18.6 Å². The zero-order valence-electron chi connectivity index (χ0n) is 8.98. The number of nitrogens with two attached hydrogens (primary N) is 1. The Morgan fingerprint density at radius 2 is 2.18 bits per heavy atom. The third-order valence-electron chi connectivity index (χ3n) is 2.50. The van der Waals surface area contributed by atoms with E-state index < -0.39 is 0 Å². The summed E-state index contributed by atoms with van der Waals surface area (Å²) < 4.78 is 1.88. The van der Waals surface area contributed by atoms with Crippen LogP contribution in [0.15, 0.2) is 36.9 Å². The lowest BCUT2D eigenvalue weighted by Crippen LogP contribution is -1.99. The fourth-order valence-electron chi connectivity index (χ4n) is 1.68. The van der Waals surface area contributed by atoms with Gasteiger partial charge in [0.05, 0.1) is 11.9 Å². The van der Waals surface area contributed by atoms with Gasteiger partial charge in [0, 0.05) is 30.7 Å². The molecule has 3 aromatic heterocycles. The van der Waals surface area contributed by atoms with Crippen LogP contribution in [0.25, 0.3) is 17.0 Å². The smallest absolute Gasteiger partial charge is 0.179 e. The summed E-state index contributed by atoms with van der Waals surface area (Å²) in [5.74, 6) is 0.763. The monoisotopic (exact) mass is 226 g/mol. The number of hydrogen-bond donors (Lipinski definition) is 1. The molecule has 6 heteroatoms. The van der Waals surface area contributed by atoms with Crippen LogP contribution in [0.1, 0.15) is 5.69 Å². The molecule has 0 amide bonds. The van der Waals surface area contributed by atoms with Crippen LogP contribution >= 0.6 is 0 Å². The highest BCUT2D eigenvalue weighted by atomic mass is 15.2. The highest BCUT2D eigenvalue weighted by molar-refractivity contribution is 5.58. The van der Waals surface area contributed by atoms with Crippen LogP contribution in [-0.4, -0.2) is 24.6 Å². The Hall–Kier alpha value is -2.34. The van der Waals surface area contributed by atoms with E-state index in [-0.39, 0.29) is 0 Å². The molecule has 0 bridgehead atoms. The standard InChI is InChI=1S/C11H10N6/c12-6-9-5-8(1-2-14-9)11-16-15-10-7-13-3-4-17(10)11/h1-5,7H,6,12H2. The van der Waals surface area contributed by atoms with Crippen molar-refractivity contribution < 1.29 is 0 Å². The van der Waals surface area contributed by atoms with Crippen molar-refractivity contribution in [3.05, 3.63) is 42.6 Å². The summed E-state index contributed by atoms with van der Waals surface area (Å²) in [7, 11) is 0. The molecule has 0 aliphatic carbocycles. The first-order valence-corrected chi connectivity index (χ1v) is 5.18. The lowest BCUT2D eigenvalue weighted by molar-refractivity contribution is 0.987. The fraction of sp³-hybridized carbons (Fsp3) is 0.0909. The number of hydrogen-bond acceptors (Lipinski definition) is 5.